The molecule has 0 aromatic heterocycles. The van der Waals surface area contributed by atoms with E-state index in [1.165, 1.54) is 0 Å². The minimum atomic E-state index is -1.34. The maximum absolute atomic E-state index is 10.6. The van der Waals surface area contributed by atoms with Gasteiger partial charge in [-0.3, -0.25) is 5.32 Å². The van der Waals surface area contributed by atoms with Gasteiger partial charge < -0.3 is 10.8 Å². The second kappa shape index (κ2) is 4.91. The van der Waals surface area contributed by atoms with E-state index in [0.717, 1.165) is 0 Å². The number of benzene rings is 1. The molecule has 0 aliphatic heterocycles. The molecule has 1 aromatic rings. The van der Waals surface area contributed by atoms with Gasteiger partial charge in [-0.05, 0) is 19.4 Å². The van der Waals surface area contributed by atoms with E-state index in [9.17, 15) is 4.79 Å². The van der Waals surface area contributed by atoms with Crippen LogP contribution < -0.4 is 11.1 Å². The predicted molar refractivity (Wildman–Crippen MR) is 63.5 cm³/mol. The van der Waals surface area contributed by atoms with Crippen molar-refractivity contribution >= 4 is 29.3 Å². The van der Waals surface area contributed by atoms with Crippen molar-refractivity contribution < 1.29 is 9.90 Å². The Morgan fingerprint density at radius 1 is 1.56 bits per heavy atom. The number of nitrogens with two attached hydrogens (primary N) is 1. The van der Waals surface area contributed by atoms with Crippen LogP contribution in [-0.4, -0.2) is 11.2 Å². The minimum absolute atomic E-state index is 0.110. The fraction of sp³-hybridized carbons (Fsp3) is 0.200. The number of carboxylic acid groups (broad SMARTS) is 1. The fourth-order valence-corrected chi connectivity index (χ4v) is 1.77. The van der Waals surface area contributed by atoms with Crippen LogP contribution in [0.4, 0.5) is 4.79 Å². The van der Waals surface area contributed by atoms with Crippen molar-refractivity contribution in [1.29, 1.82) is 0 Å². The van der Waals surface area contributed by atoms with Gasteiger partial charge in [0.2, 0.25) is 0 Å². The summed E-state index contributed by atoms with van der Waals surface area (Å²) in [6.07, 6.45) is -1.14. The van der Waals surface area contributed by atoms with Gasteiger partial charge in [-0.25, -0.2) is 4.79 Å². The quantitative estimate of drug-likeness (QED) is 0.733. The van der Waals surface area contributed by atoms with Gasteiger partial charge >= 0.3 is 6.09 Å². The largest absolute Gasteiger partial charge is 0.465 e. The first kappa shape index (κ1) is 13.1. The zero-order chi connectivity index (χ0) is 12.3. The lowest BCUT2D eigenvalue weighted by Crippen LogP contribution is -2.52. The van der Waals surface area contributed by atoms with E-state index in [-0.39, 0.29) is 11.4 Å². The van der Waals surface area contributed by atoms with Gasteiger partial charge in [0.1, 0.15) is 5.66 Å². The van der Waals surface area contributed by atoms with Crippen LogP contribution >= 0.6 is 23.2 Å². The van der Waals surface area contributed by atoms with Crippen LogP contribution in [0, 0.1) is 6.92 Å². The fourth-order valence-electron chi connectivity index (χ4n) is 1.30. The molecule has 1 radical (unpaired) electrons. The number of hydrogen-bond acceptors (Lipinski definition) is 2. The maximum Gasteiger partial charge on any atom is 0.406 e. The summed E-state index contributed by atoms with van der Waals surface area (Å²) in [5.74, 6) is 0. The molecule has 1 aromatic carbocycles. The van der Waals surface area contributed by atoms with Gasteiger partial charge in [0.15, 0.2) is 0 Å². The molecule has 0 aliphatic carbocycles. The SMILES string of the molecule is [CH2]CC(N)(NC(=O)O)c1cccc(Cl)c1Cl. The summed E-state index contributed by atoms with van der Waals surface area (Å²) in [4.78, 5) is 10.6. The van der Waals surface area contributed by atoms with E-state index in [1.54, 1.807) is 18.2 Å². The normalized spacial score (nSPS) is 14.2. The van der Waals surface area contributed by atoms with Crippen LogP contribution in [0.3, 0.4) is 0 Å². The summed E-state index contributed by atoms with van der Waals surface area (Å²) < 4.78 is 0. The van der Waals surface area contributed by atoms with Crippen LogP contribution in [0.25, 0.3) is 0 Å². The third kappa shape index (κ3) is 2.58. The van der Waals surface area contributed by atoms with Crippen LogP contribution in [0.5, 0.6) is 0 Å². The Hall–Kier alpha value is -0.970. The highest BCUT2D eigenvalue weighted by molar-refractivity contribution is 6.42. The zero-order valence-corrected chi connectivity index (χ0v) is 9.85. The van der Waals surface area contributed by atoms with E-state index in [4.69, 9.17) is 34.0 Å². The number of carbonyl (C=O) groups is 1. The number of rotatable bonds is 3. The molecule has 1 unspecified atom stereocenters. The molecule has 0 saturated carbocycles. The summed E-state index contributed by atoms with van der Waals surface area (Å²) in [7, 11) is 0. The van der Waals surface area contributed by atoms with Gasteiger partial charge in [-0.1, -0.05) is 35.3 Å². The van der Waals surface area contributed by atoms with Crippen LogP contribution in [0.2, 0.25) is 10.0 Å². The first-order valence-corrected chi connectivity index (χ1v) is 5.20. The Bertz CT molecular complexity index is 412. The van der Waals surface area contributed by atoms with Crippen LogP contribution in [0.15, 0.2) is 18.2 Å². The number of amides is 1. The summed E-state index contributed by atoms with van der Waals surface area (Å²) in [5, 5.41) is 11.4. The third-order valence-corrected chi connectivity index (χ3v) is 2.98. The Morgan fingerprint density at radius 2 is 2.19 bits per heavy atom. The van der Waals surface area contributed by atoms with Gasteiger partial charge in [-0.15, -0.1) is 0 Å². The van der Waals surface area contributed by atoms with Crippen molar-refractivity contribution in [3.63, 3.8) is 0 Å². The van der Waals surface area contributed by atoms with Gasteiger partial charge in [0.05, 0.1) is 10.0 Å². The van der Waals surface area contributed by atoms with Crippen molar-refractivity contribution in [3.8, 4) is 0 Å². The van der Waals surface area contributed by atoms with Crippen molar-refractivity contribution in [2.45, 2.75) is 12.1 Å². The van der Waals surface area contributed by atoms with E-state index >= 15 is 0 Å². The van der Waals surface area contributed by atoms with Gasteiger partial charge in [0.25, 0.3) is 0 Å². The highest BCUT2D eigenvalue weighted by Gasteiger charge is 2.30. The molecular formula is C10H11Cl2N2O2. The third-order valence-electron chi connectivity index (χ3n) is 2.16. The topological polar surface area (TPSA) is 75.3 Å². The first-order chi connectivity index (χ1) is 7.40. The van der Waals surface area contributed by atoms with E-state index in [1.807, 2.05) is 0 Å². The summed E-state index contributed by atoms with van der Waals surface area (Å²) in [6, 6.07) is 4.84. The lowest BCUT2D eigenvalue weighted by atomic mass is 9.97. The molecule has 87 valence electrons. The maximum atomic E-state index is 10.6. The Kier molecular flexibility index (Phi) is 4.02. The average Bonchev–Trinajstić information content (AvgIpc) is 2.21. The van der Waals surface area contributed by atoms with Gasteiger partial charge in [-0.2, -0.15) is 0 Å². The molecule has 0 bridgehead atoms. The zero-order valence-electron chi connectivity index (χ0n) is 8.34. The monoisotopic (exact) mass is 261 g/mol. The lowest BCUT2D eigenvalue weighted by Gasteiger charge is -2.29. The number of halogens is 2. The van der Waals surface area contributed by atoms with Crippen molar-refractivity contribution in [2.24, 2.45) is 5.73 Å². The molecule has 6 heteroatoms. The van der Waals surface area contributed by atoms with E-state index in [0.29, 0.717) is 10.6 Å². The van der Waals surface area contributed by atoms with Crippen LogP contribution in [0.1, 0.15) is 12.0 Å². The molecule has 0 heterocycles. The molecule has 1 amide bonds. The second-order valence-corrected chi connectivity index (χ2v) is 4.04. The lowest BCUT2D eigenvalue weighted by molar-refractivity contribution is 0.177. The first-order valence-electron chi connectivity index (χ1n) is 4.44. The molecule has 4 N–H and O–H groups in total. The summed E-state index contributed by atoms with van der Waals surface area (Å²) in [6.45, 7) is 3.61. The standard InChI is InChI=1S/C10H11Cl2N2O2/c1-2-10(13,14-9(15)16)6-4-3-5-7(11)8(6)12/h3-5,14H,1-2,13H2,(H,15,16). The second-order valence-electron chi connectivity index (χ2n) is 3.25. The Labute approximate surface area is 103 Å². The van der Waals surface area contributed by atoms with Crippen molar-refractivity contribution in [1.82, 2.24) is 5.32 Å². The molecule has 16 heavy (non-hydrogen) atoms. The predicted octanol–water partition coefficient (Wildman–Crippen LogP) is 2.60. The van der Waals surface area contributed by atoms with E-state index in [2.05, 4.69) is 12.2 Å². The van der Waals surface area contributed by atoms with Gasteiger partial charge in [0, 0.05) is 5.56 Å². The van der Waals surface area contributed by atoms with E-state index < -0.39 is 11.8 Å². The molecule has 1 atom stereocenters. The summed E-state index contributed by atoms with van der Waals surface area (Å²) >= 11 is 11.8. The molecular weight excluding hydrogens is 251 g/mol. The number of nitrogens with one attached hydrogen (secondary N) is 1. The minimum Gasteiger partial charge on any atom is -0.465 e. The average molecular weight is 262 g/mol. The molecule has 0 saturated heterocycles. The highest BCUT2D eigenvalue weighted by atomic mass is 35.5. The highest BCUT2D eigenvalue weighted by Crippen LogP contribution is 2.32. The van der Waals surface area contributed by atoms with Crippen LogP contribution in [-0.2, 0) is 5.66 Å². The van der Waals surface area contributed by atoms with Crippen molar-refractivity contribution in [2.75, 3.05) is 0 Å². The number of hydrogen-bond donors (Lipinski definition) is 3. The molecule has 4 nitrogen and oxygen atoms in total. The Morgan fingerprint density at radius 3 is 2.69 bits per heavy atom. The Balaban J connectivity index is 3.22. The smallest absolute Gasteiger partial charge is 0.406 e. The molecule has 0 spiro atoms. The molecule has 0 fully saturated rings. The molecule has 1 rings (SSSR count). The summed E-state index contributed by atoms with van der Waals surface area (Å²) in [5.41, 5.74) is 4.95. The molecule has 0 aliphatic rings. The van der Waals surface area contributed by atoms with Crippen molar-refractivity contribution in [3.05, 3.63) is 40.7 Å².